The Kier molecular flexibility index (Phi) is 3.53. The summed E-state index contributed by atoms with van der Waals surface area (Å²) in [4.78, 5) is 17.4. The minimum Gasteiger partial charge on any atom is -0.336 e. The highest BCUT2D eigenvalue weighted by Gasteiger charge is 2.28. The van der Waals surface area contributed by atoms with Crippen molar-refractivity contribution in [3.05, 3.63) is 51.8 Å². The molecule has 24 heavy (non-hydrogen) atoms. The van der Waals surface area contributed by atoms with E-state index in [0.29, 0.717) is 39.0 Å². The molecule has 2 aromatic heterocycles. The molecular formula is C18H16ClN3O2. The second-order valence-electron chi connectivity index (χ2n) is 6.23. The first-order chi connectivity index (χ1) is 11.5. The van der Waals surface area contributed by atoms with E-state index in [4.69, 9.17) is 16.1 Å². The molecule has 3 aromatic rings. The van der Waals surface area contributed by atoms with Crippen LogP contribution in [0, 0.1) is 13.8 Å². The number of nitrogens with zero attached hydrogens (tertiary/aromatic N) is 2. The summed E-state index contributed by atoms with van der Waals surface area (Å²) in [5.74, 6) is 0.209. The molecule has 1 aliphatic rings. The Hall–Kier alpha value is -2.40. The van der Waals surface area contributed by atoms with Gasteiger partial charge in [-0.15, -0.1) is 0 Å². The molecule has 1 fully saturated rings. The molecule has 0 saturated heterocycles. The van der Waals surface area contributed by atoms with Gasteiger partial charge in [-0.1, -0.05) is 22.8 Å². The van der Waals surface area contributed by atoms with Gasteiger partial charge in [0.15, 0.2) is 0 Å². The SMILES string of the molecule is Cc1ccc(Cl)cc1NC(=O)c1cc(C2CC2)nc2onc(C)c12. The van der Waals surface area contributed by atoms with Gasteiger partial charge in [0, 0.05) is 22.3 Å². The van der Waals surface area contributed by atoms with E-state index in [1.807, 2.05) is 26.0 Å². The molecule has 0 spiro atoms. The van der Waals surface area contributed by atoms with Gasteiger partial charge in [-0.3, -0.25) is 4.79 Å². The number of nitrogens with one attached hydrogen (secondary N) is 1. The lowest BCUT2D eigenvalue weighted by atomic mass is 10.1. The third kappa shape index (κ3) is 2.65. The van der Waals surface area contributed by atoms with Gasteiger partial charge >= 0.3 is 0 Å². The Morgan fingerprint density at radius 3 is 2.83 bits per heavy atom. The van der Waals surface area contributed by atoms with Crippen LogP contribution < -0.4 is 5.32 Å². The number of carbonyl (C=O) groups excluding carboxylic acids is 1. The average Bonchev–Trinajstić information content (AvgIpc) is 3.34. The predicted molar refractivity (Wildman–Crippen MR) is 92.7 cm³/mol. The van der Waals surface area contributed by atoms with E-state index < -0.39 is 0 Å². The molecule has 4 rings (SSSR count). The molecule has 0 aliphatic heterocycles. The Balaban J connectivity index is 1.78. The molecule has 1 amide bonds. The van der Waals surface area contributed by atoms with E-state index in [0.717, 1.165) is 24.1 Å². The number of pyridine rings is 1. The second-order valence-corrected chi connectivity index (χ2v) is 6.67. The van der Waals surface area contributed by atoms with Gasteiger partial charge in [0.1, 0.15) is 0 Å². The number of hydrogen-bond donors (Lipinski definition) is 1. The van der Waals surface area contributed by atoms with E-state index in [-0.39, 0.29) is 5.91 Å². The number of aromatic nitrogens is 2. The zero-order valence-corrected chi connectivity index (χ0v) is 14.1. The summed E-state index contributed by atoms with van der Waals surface area (Å²) >= 11 is 6.04. The van der Waals surface area contributed by atoms with Crippen LogP contribution in [-0.4, -0.2) is 16.0 Å². The Bertz CT molecular complexity index is 960. The van der Waals surface area contributed by atoms with E-state index >= 15 is 0 Å². The lowest BCUT2D eigenvalue weighted by Crippen LogP contribution is -2.14. The smallest absolute Gasteiger partial charge is 0.259 e. The van der Waals surface area contributed by atoms with Crippen LogP contribution >= 0.6 is 11.6 Å². The van der Waals surface area contributed by atoms with E-state index in [1.54, 1.807) is 12.1 Å². The van der Waals surface area contributed by atoms with Gasteiger partial charge in [-0.05, 0) is 50.5 Å². The molecule has 1 aromatic carbocycles. The minimum absolute atomic E-state index is 0.207. The Morgan fingerprint density at radius 2 is 2.08 bits per heavy atom. The summed E-state index contributed by atoms with van der Waals surface area (Å²) in [5, 5.41) is 8.14. The van der Waals surface area contributed by atoms with Gasteiger partial charge < -0.3 is 9.84 Å². The first-order valence-electron chi connectivity index (χ1n) is 7.87. The van der Waals surface area contributed by atoms with Crippen molar-refractivity contribution in [1.82, 2.24) is 10.1 Å². The third-order valence-corrected chi connectivity index (χ3v) is 4.56. The van der Waals surface area contributed by atoms with Crippen LogP contribution in [0.25, 0.3) is 11.1 Å². The average molecular weight is 342 g/mol. The maximum absolute atomic E-state index is 12.9. The molecule has 0 radical (unpaired) electrons. The van der Waals surface area contributed by atoms with Gasteiger partial charge in [-0.2, -0.15) is 0 Å². The van der Waals surface area contributed by atoms with Crippen molar-refractivity contribution in [1.29, 1.82) is 0 Å². The zero-order chi connectivity index (χ0) is 16.8. The van der Waals surface area contributed by atoms with Crippen LogP contribution in [-0.2, 0) is 0 Å². The Morgan fingerprint density at radius 1 is 1.29 bits per heavy atom. The number of rotatable bonds is 3. The number of hydrogen-bond acceptors (Lipinski definition) is 4. The van der Waals surface area contributed by atoms with Crippen LogP contribution in [0.1, 0.15) is 46.1 Å². The summed E-state index contributed by atoms with van der Waals surface area (Å²) in [6, 6.07) is 7.28. The fraction of sp³-hybridized carbons (Fsp3) is 0.278. The first-order valence-corrected chi connectivity index (χ1v) is 8.25. The molecule has 6 heteroatoms. The van der Waals surface area contributed by atoms with Crippen LogP contribution in [0.2, 0.25) is 5.02 Å². The molecular weight excluding hydrogens is 326 g/mol. The van der Waals surface area contributed by atoms with Crippen molar-refractivity contribution in [2.24, 2.45) is 0 Å². The first kappa shape index (κ1) is 15.1. The van der Waals surface area contributed by atoms with Gasteiger partial charge in [-0.25, -0.2) is 4.98 Å². The second kappa shape index (κ2) is 5.60. The Labute approximate surface area is 144 Å². The quantitative estimate of drug-likeness (QED) is 0.754. The molecule has 0 atom stereocenters. The number of aryl methyl sites for hydroxylation is 2. The summed E-state index contributed by atoms with van der Waals surface area (Å²) in [6.07, 6.45) is 2.19. The van der Waals surface area contributed by atoms with Crippen molar-refractivity contribution >= 4 is 34.3 Å². The third-order valence-electron chi connectivity index (χ3n) is 4.32. The fourth-order valence-electron chi connectivity index (χ4n) is 2.80. The summed E-state index contributed by atoms with van der Waals surface area (Å²) < 4.78 is 5.29. The predicted octanol–water partition coefficient (Wildman–Crippen LogP) is 4.62. The standard InChI is InChI=1S/C18H16ClN3O2/c1-9-3-6-12(19)7-14(9)20-17(23)13-8-15(11-4-5-11)21-18-16(13)10(2)22-24-18/h3,6-8,11H,4-5H2,1-2H3,(H,20,23). The topological polar surface area (TPSA) is 68.0 Å². The van der Waals surface area contributed by atoms with Crippen LogP contribution in [0.3, 0.4) is 0 Å². The van der Waals surface area contributed by atoms with Crippen molar-refractivity contribution < 1.29 is 9.32 Å². The summed E-state index contributed by atoms with van der Waals surface area (Å²) in [6.45, 7) is 3.74. The number of benzene rings is 1. The van der Waals surface area contributed by atoms with E-state index in [9.17, 15) is 4.79 Å². The summed E-state index contributed by atoms with van der Waals surface area (Å²) in [7, 11) is 0. The number of fused-ring (bicyclic) bond motifs is 1. The molecule has 1 saturated carbocycles. The normalized spacial score (nSPS) is 14.1. The van der Waals surface area contributed by atoms with Crippen LogP contribution in [0.5, 0.6) is 0 Å². The highest BCUT2D eigenvalue weighted by Crippen LogP contribution is 2.40. The lowest BCUT2D eigenvalue weighted by molar-refractivity contribution is 0.102. The maximum atomic E-state index is 12.9. The molecule has 122 valence electrons. The summed E-state index contributed by atoms with van der Waals surface area (Å²) in [5.41, 5.74) is 4.16. The molecule has 0 bridgehead atoms. The van der Waals surface area contributed by atoms with Gasteiger partial charge in [0.25, 0.3) is 11.6 Å². The zero-order valence-electron chi connectivity index (χ0n) is 13.4. The van der Waals surface area contributed by atoms with Gasteiger partial charge in [0.05, 0.1) is 16.6 Å². The molecule has 1 N–H and O–H groups in total. The van der Waals surface area contributed by atoms with Crippen molar-refractivity contribution in [3.8, 4) is 0 Å². The molecule has 0 unspecified atom stereocenters. The van der Waals surface area contributed by atoms with Crippen LogP contribution in [0.15, 0.2) is 28.8 Å². The van der Waals surface area contributed by atoms with Crippen molar-refractivity contribution in [2.45, 2.75) is 32.6 Å². The monoisotopic (exact) mass is 341 g/mol. The largest absolute Gasteiger partial charge is 0.336 e. The lowest BCUT2D eigenvalue weighted by Gasteiger charge is -2.10. The highest BCUT2D eigenvalue weighted by atomic mass is 35.5. The van der Waals surface area contributed by atoms with Crippen LogP contribution in [0.4, 0.5) is 5.69 Å². The fourth-order valence-corrected chi connectivity index (χ4v) is 2.97. The number of halogens is 1. The van der Waals surface area contributed by atoms with Gasteiger partial charge in [0.2, 0.25) is 0 Å². The van der Waals surface area contributed by atoms with E-state index in [2.05, 4.69) is 15.5 Å². The minimum atomic E-state index is -0.207. The number of amides is 1. The molecule has 5 nitrogen and oxygen atoms in total. The van der Waals surface area contributed by atoms with Crippen molar-refractivity contribution in [2.75, 3.05) is 5.32 Å². The number of carbonyl (C=O) groups is 1. The maximum Gasteiger partial charge on any atom is 0.259 e. The van der Waals surface area contributed by atoms with Crippen molar-refractivity contribution in [3.63, 3.8) is 0 Å². The highest BCUT2D eigenvalue weighted by molar-refractivity contribution is 6.31. The molecule has 1 aliphatic carbocycles. The molecule has 2 heterocycles. The van der Waals surface area contributed by atoms with E-state index in [1.165, 1.54) is 0 Å². The number of anilines is 1.